The summed E-state index contributed by atoms with van der Waals surface area (Å²) >= 11 is 0. The van der Waals surface area contributed by atoms with Crippen molar-refractivity contribution >= 4 is 0 Å². The van der Waals surface area contributed by atoms with E-state index in [0.717, 1.165) is 11.3 Å². The molecule has 0 aliphatic carbocycles. The van der Waals surface area contributed by atoms with Crippen molar-refractivity contribution in [3.8, 4) is 11.3 Å². The zero-order chi connectivity index (χ0) is 9.97. The first-order valence-corrected chi connectivity index (χ1v) is 4.27. The normalized spacial score (nSPS) is 10.8. The summed E-state index contributed by atoms with van der Waals surface area (Å²) in [7, 11) is 0. The van der Waals surface area contributed by atoms with Crippen LogP contribution < -0.4 is 0 Å². The molecule has 2 N–H and O–H groups in total. The van der Waals surface area contributed by atoms with Crippen LogP contribution in [0.2, 0.25) is 0 Å². The smallest absolute Gasteiger partial charge is 0.178 e. The average molecular weight is 190 g/mol. The van der Waals surface area contributed by atoms with E-state index in [1.54, 1.807) is 30.5 Å². The van der Waals surface area contributed by atoms with E-state index in [0.29, 0.717) is 5.56 Å². The lowest BCUT2D eigenvalue weighted by Gasteiger charge is -2.03. The molecule has 0 saturated carbocycles. The molecule has 2 rings (SSSR count). The van der Waals surface area contributed by atoms with E-state index in [1.165, 1.54) is 0 Å². The summed E-state index contributed by atoms with van der Waals surface area (Å²) in [5, 5.41) is 17.8. The van der Waals surface area contributed by atoms with Crippen LogP contribution >= 0.6 is 0 Å². The van der Waals surface area contributed by atoms with Crippen molar-refractivity contribution < 1.29 is 14.6 Å². The molecular weight excluding hydrogens is 180 g/mol. The molecule has 0 aliphatic rings. The summed E-state index contributed by atoms with van der Waals surface area (Å²) in [6.45, 7) is 0. The summed E-state index contributed by atoms with van der Waals surface area (Å²) in [4.78, 5) is 0. The Kier molecular flexibility index (Phi) is 2.35. The van der Waals surface area contributed by atoms with Gasteiger partial charge in [-0.05, 0) is 12.1 Å². The highest BCUT2D eigenvalue weighted by Gasteiger charge is 2.03. The Morgan fingerprint density at radius 2 is 1.71 bits per heavy atom. The first kappa shape index (κ1) is 8.99. The molecule has 0 spiro atoms. The second-order valence-electron chi connectivity index (χ2n) is 2.97. The van der Waals surface area contributed by atoms with E-state index in [1.807, 2.05) is 12.1 Å². The lowest BCUT2D eigenvalue weighted by atomic mass is 10.1. The number of rotatable bonds is 2. The van der Waals surface area contributed by atoms with Gasteiger partial charge in [0, 0.05) is 11.1 Å². The third-order valence-electron chi connectivity index (χ3n) is 2.01. The van der Waals surface area contributed by atoms with E-state index in [9.17, 15) is 0 Å². The standard InChI is InChI=1S/C11H10O3/c12-11(13)9-5-3-8(4-6-9)10-2-1-7-14-10/h1-7,11-13H. The number of aliphatic hydroxyl groups is 2. The van der Waals surface area contributed by atoms with Crippen molar-refractivity contribution in [1.82, 2.24) is 0 Å². The Labute approximate surface area is 81.2 Å². The van der Waals surface area contributed by atoms with Crippen molar-refractivity contribution in [2.24, 2.45) is 0 Å². The maximum absolute atomic E-state index is 8.88. The summed E-state index contributed by atoms with van der Waals surface area (Å²) < 4.78 is 5.19. The van der Waals surface area contributed by atoms with Crippen LogP contribution in [0.25, 0.3) is 11.3 Å². The highest BCUT2D eigenvalue weighted by atomic mass is 16.5. The molecule has 0 aliphatic heterocycles. The van der Waals surface area contributed by atoms with Gasteiger partial charge in [-0.2, -0.15) is 0 Å². The molecule has 3 nitrogen and oxygen atoms in total. The van der Waals surface area contributed by atoms with Gasteiger partial charge in [-0.25, -0.2) is 0 Å². The Balaban J connectivity index is 2.31. The second kappa shape index (κ2) is 3.65. The number of hydrogen-bond donors (Lipinski definition) is 2. The van der Waals surface area contributed by atoms with Gasteiger partial charge in [-0.3, -0.25) is 0 Å². The fourth-order valence-electron chi connectivity index (χ4n) is 1.26. The number of aliphatic hydroxyl groups excluding tert-OH is 1. The zero-order valence-electron chi connectivity index (χ0n) is 7.42. The van der Waals surface area contributed by atoms with E-state index in [-0.39, 0.29) is 0 Å². The Morgan fingerprint density at radius 3 is 2.21 bits per heavy atom. The van der Waals surface area contributed by atoms with E-state index >= 15 is 0 Å². The minimum Gasteiger partial charge on any atom is -0.464 e. The molecule has 2 aromatic rings. The monoisotopic (exact) mass is 190 g/mol. The first-order chi connectivity index (χ1) is 6.77. The fourth-order valence-corrected chi connectivity index (χ4v) is 1.26. The topological polar surface area (TPSA) is 53.6 Å². The van der Waals surface area contributed by atoms with E-state index in [2.05, 4.69) is 0 Å². The van der Waals surface area contributed by atoms with Crippen molar-refractivity contribution in [3.63, 3.8) is 0 Å². The van der Waals surface area contributed by atoms with Crippen LogP contribution in [0.4, 0.5) is 0 Å². The molecule has 1 heterocycles. The Morgan fingerprint density at radius 1 is 1.00 bits per heavy atom. The van der Waals surface area contributed by atoms with E-state index in [4.69, 9.17) is 14.6 Å². The van der Waals surface area contributed by atoms with Gasteiger partial charge in [0.25, 0.3) is 0 Å². The van der Waals surface area contributed by atoms with Crippen LogP contribution in [0.15, 0.2) is 47.1 Å². The quantitative estimate of drug-likeness (QED) is 0.711. The second-order valence-corrected chi connectivity index (χ2v) is 2.97. The van der Waals surface area contributed by atoms with Gasteiger partial charge in [0.2, 0.25) is 0 Å². The molecule has 3 heteroatoms. The minimum absolute atomic E-state index is 0.473. The fraction of sp³-hybridized carbons (Fsp3) is 0.0909. The van der Waals surface area contributed by atoms with Crippen LogP contribution in [-0.4, -0.2) is 10.2 Å². The molecule has 0 saturated heterocycles. The van der Waals surface area contributed by atoms with Crippen LogP contribution in [0.5, 0.6) is 0 Å². The van der Waals surface area contributed by atoms with Crippen molar-refractivity contribution in [1.29, 1.82) is 0 Å². The molecule has 14 heavy (non-hydrogen) atoms. The van der Waals surface area contributed by atoms with Gasteiger partial charge in [0.05, 0.1) is 6.26 Å². The minimum atomic E-state index is -1.42. The van der Waals surface area contributed by atoms with Crippen molar-refractivity contribution in [2.45, 2.75) is 6.29 Å². The van der Waals surface area contributed by atoms with Gasteiger partial charge in [-0.1, -0.05) is 24.3 Å². The average Bonchev–Trinajstić information content (AvgIpc) is 2.71. The summed E-state index contributed by atoms with van der Waals surface area (Å²) in [6.07, 6.45) is 0.185. The first-order valence-electron chi connectivity index (χ1n) is 4.27. The van der Waals surface area contributed by atoms with Crippen LogP contribution in [0.3, 0.4) is 0 Å². The van der Waals surface area contributed by atoms with E-state index < -0.39 is 6.29 Å². The zero-order valence-corrected chi connectivity index (χ0v) is 7.42. The van der Waals surface area contributed by atoms with Crippen LogP contribution in [0, 0.1) is 0 Å². The van der Waals surface area contributed by atoms with Crippen molar-refractivity contribution in [2.75, 3.05) is 0 Å². The van der Waals surface area contributed by atoms with Gasteiger partial charge in [0.1, 0.15) is 5.76 Å². The van der Waals surface area contributed by atoms with Gasteiger partial charge < -0.3 is 14.6 Å². The summed E-state index contributed by atoms with van der Waals surface area (Å²) in [6, 6.07) is 10.5. The third kappa shape index (κ3) is 1.69. The Hall–Kier alpha value is -1.58. The Bertz CT molecular complexity index is 387. The van der Waals surface area contributed by atoms with Crippen LogP contribution in [-0.2, 0) is 0 Å². The number of benzene rings is 1. The highest BCUT2D eigenvalue weighted by Crippen LogP contribution is 2.21. The predicted molar refractivity (Wildman–Crippen MR) is 51.3 cm³/mol. The molecular formula is C11H10O3. The molecule has 72 valence electrons. The summed E-state index contributed by atoms with van der Waals surface area (Å²) in [5.74, 6) is 0.768. The van der Waals surface area contributed by atoms with Gasteiger partial charge in [0.15, 0.2) is 6.29 Å². The molecule has 0 atom stereocenters. The third-order valence-corrected chi connectivity index (χ3v) is 2.01. The number of hydrogen-bond acceptors (Lipinski definition) is 3. The molecule has 0 bridgehead atoms. The van der Waals surface area contributed by atoms with Crippen LogP contribution in [0.1, 0.15) is 11.9 Å². The molecule has 0 unspecified atom stereocenters. The number of furan rings is 1. The predicted octanol–water partition coefficient (Wildman–Crippen LogP) is 1.93. The van der Waals surface area contributed by atoms with Crippen molar-refractivity contribution in [3.05, 3.63) is 48.2 Å². The maximum atomic E-state index is 8.88. The lowest BCUT2D eigenvalue weighted by Crippen LogP contribution is -1.93. The van der Waals surface area contributed by atoms with Gasteiger partial charge in [-0.15, -0.1) is 0 Å². The summed E-state index contributed by atoms with van der Waals surface area (Å²) in [5.41, 5.74) is 1.39. The lowest BCUT2D eigenvalue weighted by molar-refractivity contribution is -0.0424. The maximum Gasteiger partial charge on any atom is 0.178 e. The molecule has 0 radical (unpaired) electrons. The SMILES string of the molecule is OC(O)c1ccc(-c2ccco2)cc1. The molecule has 0 amide bonds. The molecule has 0 fully saturated rings. The largest absolute Gasteiger partial charge is 0.464 e. The van der Waals surface area contributed by atoms with Gasteiger partial charge >= 0.3 is 0 Å². The molecule has 1 aromatic heterocycles. The highest BCUT2D eigenvalue weighted by molar-refractivity contribution is 5.57. The molecule has 1 aromatic carbocycles.